The van der Waals surface area contributed by atoms with E-state index in [1.165, 1.54) is 0 Å². The first-order valence-electron chi connectivity index (χ1n) is 5.96. The Kier molecular flexibility index (Phi) is 8.21. The predicted octanol–water partition coefficient (Wildman–Crippen LogP) is 1.54. The Bertz CT molecular complexity index is 197. The monoisotopic (exact) mass is 231 g/mol. The summed E-state index contributed by atoms with van der Waals surface area (Å²) in [5.74, 6) is -0.204. The average Bonchev–Trinajstić information content (AvgIpc) is 2.26. The molecule has 0 bridgehead atoms. The van der Waals surface area contributed by atoms with E-state index in [0.29, 0.717) is 19.3 Å². The minimum atomic E-state index is -0.120. The summed E-state index contributed by atoms with van der Waals surface area (Å²) in [6, 6.07) is 0.326. The van der Waals surface area contributed by atoms with Crippen LogP contribution in [0.4, 0.5) is 0 Å². The molecule has 0 fully saturated rings. The highest BCUT2D eigenvalue weighted by Crippen LogP contribution is 2.07. The van der Waals surface area contributed by atoms with Crippen LogP contribution in [0.25, 0.3) is 0 Å². The Morgan fingerprint density at radius 3 is 2.38 bits per heavy atom. The van der Waals surface area contributed by atoms with Crippen LogP contribution in [0.3, 0.4) is 0 Å². The maximum Gasteiger partial charge on any atom is 0.309 e. The number of hydrogen-bond acceptors (Lipinski definition) is 4. The summed E-state index contributed by atoms with van der Waals surface area (Å²) in [6.45, 7) is 10.7. The largest absolute Gasteiger partial charge is 0.466 e. The molecule has 0 heterocycles. The van der Waals surface area contributed by atoms with Crippen LogP contribution in [0.5, 0.6) is 0 Å². The van der Waals surface area contributed by atoms with E-state index < -0.39 is 0 Å². The molecule has 16 heavy (non-hydrogen) atoms. The van der Waals surface area contributed by atoms with Gasteiger partial charge in [-0.3, -0.25) is 9.69 Å². The fraction of sp³-hybridized carbons (Fsp3) is 0.917. The topological polar surface area (TPSA) is 38.8 Å². The molecule has 0 aromatic heterocycles. The van der Waals surface area contributed by atoms with Crippen LogP contribution in [0, 0.1) is 5.92 Å². The molecule has 0 saturated heterocycles. The van der Waals surface area contributed by atoms with Crippen molar-refractivity contribution in [3.8, 4) is 0 Å². The summed E-state index contributed by atoms with van der Waals surface area (Å²) in [5, 5.41) is 0. The number of carbonyl (C=O) groups excluding carboxylic acids is 1. The molecule has 0 aromatic rings. The minimum Gasteiger partial charge on any atom is -0.466 e. The van der Waals surface area contributed by atoms with Crippen molar-refractivity contribution in [1.29, 1.82) is 0 Å². The zero-order valence-corrected chi connectivity index (χ0v) is 11.2. The second-order valence-electron chi connectivity index (χ2n) is 4.05. The van der Waals surface area contributed by atoms with Crippen molar-refractivity contribution in [1.82, 2.24) is 4.90 Å². The summed E-state index contributed by atoms with van der Waals surface area (Å²) in [7, 11) is 1.69. The molecule has 96 valence electrons. The van der Waals surface area contributed by atoms with Crippen LogP contribution in [0.2, 0.25) is 0 Å². The Morgan fingerprint density at radius 1 is 1.31 bits per heavy atom. The molecule has 4 heteroatoms. The summed E-state index contributed by atoms with van der Waals surface area (Å²) in [4.78, 5) is 13.7. The van der Waals surface area contributed by atoms with Gasteiger partial charge in [-0.1, -0.05) is 13.8 Å². The first kappa shape index (κ1) is 15.4. The molecule has 2 atom stereocenters. The third-order valence-corrected chi connectivity index (χ3v) is 2.63. The van der Waals surface area contributed by atoms with Crippen molar-refractivity contribution in [3.63, 3.8) is 0 Å². The van der Waals surface area contributed by atoms with Crippen LogP contribution in [-0.4, -0.2) is 50.3 Å². The lowest BCUT2D eigenvalue weighted by molar-refractivity contribution is -0.148. The summed E-state index contributed by atoms with van der Waals surface area (Å²) in [5.41, 5.74) is 0. The molecule has 0 amide bonds. The van der Waals surface area contributed by atoms with E-state index in [1.54, 1.807) is 7.11 Å². The highest BCUT2D eigenvalue weighted by Gasteiger charge is 2.20. The molecule has 0 aromatic carbocycles. The van der Waals surface area contributed by atoms with Crippen molar-refractivity contribution in [3.05, 3.63) is 0 Å². The van der Waals surface area contributed by atoms with Crippen molar-refractivity contribution in [2.75, 3.05) is 33.4 Å². The molecule has 0 radical (unpaired) electrons. The smallest absolute Gasteiger partial charge is 0.309 e. The lowest BCUT2D eigenvalue weighted by Gasteiger charge is -2.29. The van der Waals surface area contributed by atoms with Gasteiger partial charge in [0.15, 0.2) is 0 Å². The van der Waals surface area contributed by atoms with E-state index in [4.69, 9.17) is 9.47 Å². The van der Waals surface area contributed by atoms with E-state index in [2.05, 4.69) is 18.7 Å². The number of esters is 1. The van der Waals surface area contributed by atoms with Crippen molar-refractivity contribution in [2.45, 2.75) is 33.7 Å². The van der Waals surface area contributed by atoms with Gasteiger partial charge in [-0.05, 0) is 20.4 Å². The lowest BCUT2D eigenvalue weighted by Crippen LogP contribution is -2.40. The fourth-order valence-electron chi connectivity index (χ4n) is 1.68. The van der Waals surface area contributed by atoms with Crippen molar-refractivity contribution < 1.29 is 14.3 Å². The Hall–Kier alpha value is -0.610. The third-order valence-electron chi connectivity index (χ3n) is 2.63. The van der Waals surface area contributed by atoms with E-state index >= 15 is 0 Å². The highest BCUT2D eigenvalue weighted by molar-refractivity contribution is 5.72. The van der Waals surface area contributed by atoms with E-state index in [9.17, 15) is 4.79 Å². The second-order valence-corrected chi connectivity index (χ2v) is 4.05. The molecule has 0 rings (SSSR count). The number of likely N-dealkylation sites (N-methyl/N-ethyl adjacent to an activating group) is 1. The number of methoxy groups -OCH3 is 1. The fourth-order valence-corrected chi connectivity index (χ4v) is 1.68. The van der Waals surface area contributed by atoms with E-state index in [1.807, 2.05) is 13.8 Å². The zero-order chi connectivity index (χ0) is 12.6. The van der Waals surface area contributed by atoms with Gasteiger partial charge < -0.3 is 9.47 Å². The summed E-state index contributed by atoms with van der Waals surface area (Å²) in [6.07, 6.45) is 0. The summed E-state index contributed by atoms with van der Waals surface area (Å²) >= 11 is 0. The average molecular weight is 231 g/mol. The number of hydrogen-bond donors (Lipinski definition) is 0. The van der Waals surface area contributed by atoms with Crippen LogP contribution < -0.4 is 0 Å². The third kappa shape index (κ3) is 5.47. The van der Waals surface area contributed by atoms with Gasteiger partial charge in [-0.2, -0.15) is 0 Å². The van der Waals surface area contributed by atoms with Gasteiger partial charge in [0.25, 0.3) is 0 Å². The Balaban J connectivity index is 4.14. The van der Waals surface area contributed by atoms with Crippen LogP contribution in [-0.2, 0) is 14.3 Å². The highest BCUT2D eigenvalue weighted by atomic mass is 16.5. The SMILES string of the molecule is CCOC(=O)C(C)CN(CC)C(C)COC. The standard InChI is InChI=1S/C12H25NO3/c1-6-13(11(4)9-15-5)8-10(3)12(14)16-7-2/h10-11H,6-9H2,1-5H3. The first-order valence-corrected chi connectivity index (χ1v) is 5.96. The maximum atomic E-state index is 11.5. The van der Waals surface area contributed by atoms with Crippen LogP contribution in [0.1, 0.15) is 27.7 Å². The molecule has 0 aliphatic rings. The minimum absolute atomic E-state index is 0.0841. The Morgan fingerprint density at radius 2 is 1.94 bits per heavy atom. The van der Waals surface area contributed by atoms with Crippen molar-refractivity contribution >= 4 is 5.97 Å². The molecule has 0 spiro atoms. The Labute approximate surface area is 98.9 Å². The molecule has 2 unspecified atom stereocenters. The van der Waals surface area contributed by atoms with E-state index in [-0.39, 0.29) is 11.9 Å². The number of rotatable bonds is 8. The number of ether oxygens (including phenoxy) is 2. The molecule has 0 aliphatic carbocycles. The molecule has 4 nitrogen and oxygen atoms in total. The lowest BCUT2D eigenvalue weighted by atomic mass is 10.1. The van der Waals surface area contributed by atoms with Gasteiger partial charge in [-0.15, -0.1) is 0 Å². The van der Waals surface area contributed by atoms with Gasteiger partial charge in [0.2, 0.25) is 0 Å². The van der Waals surface area contributed by atoms with Crippen LogP contribution >= 0.6 is 0 Å². The van der Waals surface area contributed by atoms with Gasteiger partial charge in [-0.25, -0.2) is 0 Å². The molecule has 0 aliphatic heterocycles. The molecule has 0 N–H and O–H groups in total. The molecular formula is C12H25NO3. The summed E-state index contributed by atoms with van der Waals surface area (Å²) < 4.78 is 10.1. The van der Waals surface area contributed by atoms with E-state index in [0.717, 1.165) is 13.1 Å². The molecule has 0 saturated carbocycles. The maximum absolute atomic E-state index is 11.5. The molecular weight excluding hydrogens is 206 g/mol. The second kappa shape index (κ2) is 8.53. The van der Waals surface area contributed by atoms with Gasteiger partial charge in [0, 0.05) is 19.7 Å². The predicted molar refractivity (Wildman–Crippen MR) is 64.4 cm³/mol. The zero-order valence-electron chi connectivity index (χ0n) is 11.2. The number of nitrogens with zero attached hydrogens (tertiary/aromatic N) is 1. The van der Waals surface area contributed by atoms with Crippen molar-refractivity contribution in [2.24, 2.45) is 5.92 Å². The van der Waals surface area contributed by atoms with Crippen LogP contribution in [0.15, 0.2) is 0 Å². The first-order chi connectivity index (χ1) is 7.56. The normalized spacial score (nSPS) is 14.9. The quantitative estimate of drug-likeness (QED) is 0.594. The van der Waals surface area contributed by atoms with Gasteiger partial charge in [0.1, 0.15) is 0 Å². The van der Waals surface area contributed by atoms with Gasteiger partial charge in [0.05, 0.1) is 19.1 Å². The van der Waals surface area contributed by atoms with Gasteiger partial charge >= 0.3 is 5.97 Å². The number of carbonyl (C=O) groups is 1.